The second-order valence-corrected chi connectivity index (χ2v) is 5.70. The van der Waals surface area contributed by atoms with Crippen LogP contribution in [-0.4, -0.2) is 72.5 Å². The van der Waals surface area contributed by atoms with Gasteiger partial charge in [0.05, 0.1) is 19.8 Å². The van der Waals surface area contributed by atoms with Crippen LogP contribution in [0.5, 0.6) is 0 Å². The second-order valence-electron chi connectivity index (χ2n) is 5.70. The second kappa shape index (κ2) is 4.35. The Morgan fingerprint density at radius 1 is 1.41 bits per heavy atom. The lowest BCUT2D eigenvalue weighted by Gasteiger charge is -2.33. The monoisotopic (exact) mass is 238 g/mol. The summed E-state index contributed by atoms with van der Waals surface area (Å²) in [6.45, 7) is 10.2. The Hall–Kier alpha value is -0.420. The van der Waals surface area contributed by atoms with Crippen LogP contribution in [0.3, 0.4) is 0 Å². The molecule has 1 unspecified atom stereocenters. The van der Waals surface area contributed by atoms with E-state index in [2.05, 4.69) is 16.4 Å². The number of aliphatic hydroxyl groups excluding tert-OH is 1. The highest BCUT2D eigenvalue weighted by Crippen LogP contribution is 2.41. The fourth-order valence-corrected chi connectivity index (χ4v) is 3.70. The first-order valence-electron chi connectivity index (χ1n) is 6.58. The Balaban J connectivity index is 1.70. The zero-order valence-electron chi connectivity index (χ0n) is 10.4. The lowest BCUT2D eigenvalue weighted by Crippen LogP contribution is -2.44. The molecule has 3 rings (SSSR count). The maximum absolute atomic E-state index is 9.73. The van der Waals surface area contributed by atoms with Gasteiger partial charge in [-0.3, -0.25) is 9.80 Å². The lowest BCUT2D eigenvalue weighted by molar-refractivity contribution is 0.0179. The molecule has 4 heteroatoms. The van der Waals surface area contributed by atoms with Crippen LogP contribution in [0.2, 0.25) is 0 Å². The molecule has 1 N–H and O–H groups in total. The van der Waals surface area contributed by atoms with Gasteiger partial charge in [-0.15, -0.1) is 0 Å². The molecular weight excluding hydrogens is 216 g/mol. The molecule has 3 aliphatic heterocycles. The van der Waals surface area contributed by atoms with Crippen molar-refractivity contribution in [2.75, 3.05) is 46.0 Å². The highest BCUT2D eigenvalue weighted by atomic mass is 16.5. The van der Waals surface area contributed by atoms with E-state index >= 15 is 0 Å². The van der Waals surface area contributed by atoms with Crippen molar-refractivity contribution in [3.8, 4) is 0 Å². The molecule has 0 aromatic carbocycles. The Kier molecular flexibility index (Phi) is 2.99. The van der Waals surface area contributed by atoms with Gasteiger partial charge in [-0.1, -0.05) is 12.2 Å². The Morgan fingerprint density at radius 3 is 2.82 bits per heavy atom. The first-order chi connectivity index (χ1) is 8.23. The fourth-order valence-electron chi connectivity index (χ4n) is 3.70. The molecule has 0 aromatic heterocycles. The summed E-state index contributed by atoms with van der Waals surface area (Å²) in [5.41, 5.74) is 1.28. The van der Waals surface area contributed by atoms with Crippen LogP contribution in [0.4, 0.5) is 0 Å². The molecule has 0 radical (unpaired) electrons. The summed E-state index contributed by atoms with van der Waals surface area (Å²) in [7, 11) is 0. The summed E-state index contributed by atoms with van der Waals surface area (Å²) in [6, 6.07) is 0.596. The molecule has 4 nitrogen and oxygen atoms in total. The number of rotatable bonds is 2. The summed E-state index contributed by atoms with van der Waals surface area (Å²) in [5, 5.41) is 9.73. The van der Waals surface area contributed by atoms with Crippen molar-refractivity contribution < 1.29 is 9.84 Å². The minimum atomic E-state index is 0.0000539. The molecule has 0 aliphatic carbocycles. The van der Waals surface area contributed by atoms with Crippen molar-refractivity contribution in [1.29, 1.82) is 0 Å². The van der Waals surface area contributed by atoms with Crippen molar-refractivity contribution in [1.82, 2.24) is 9.80 Å². The zero-order valence-corrected chi connectivity index (χ0v) is 10.4. The zero-order chi connectivity index (χ0) is 11.9. The third-order valence-corrected chi connectivity index (χ3v) is 4.57. The van der Waals surface area contributed by atoms with Gasteiger partial charge in [-0.2, -0.15) is 0 Å². The van der Waals surface area contributed by atoms with Gasteiger partial charge in [0, 0.05) is 37.8 Å². The predicted molar refractivity (Wildman–Crippen MR) is 65.9 cm³/mol. The first-order valence-corrected chi connectivity index (χ1v) is 6.58. The number of aliphatic hydroxyl groups is 1. The molecule has 0 saturated carbocycles. The average Bonchev–Trinajstić information content (AvgIpc) is 2.83. The predicted octanol–water partition coefficient (Wildman–Crippen LogP) is 0.0839. The molecule has 0 bridgehead atoms. The Morgan fingerprint density at radius 2 is 2.18 bits per heavy atom. The quantitative estimate of drug-likeness (QED) is 0.691. The van der Waals surface area contributed by atoms with Crippen LogP contribution in [0.25, 0.3) is 0 Å². The standard InChI is InChI=1S/C13H22N2O2/c1-11-6-13(10-16)7-12(9-15(13)8-11)14-2-4-17-5-3-14/h12,16H,1-10H2/t12-,13?/m1/s1. The van der Waals surface area contributed by atoms with Gasteiger partial charge >= 0.3 is 0 Å². The van der Waals surface area contributed by atoms with Gasteiger partial charge in [0.25, 0.3) is 0 Å². The van der Waals surface area contributed by atoms with Gasteiger partial charge in [-0.05, 0) is 12.8 Å². The van der Waals surface area contributed by atoms with Crippen LogP contribution in [0.15, 0.2) is 12.2 Å². The van der Waals surface area contributed by atoms with Crippen molar-refractivity contribution in [3.63, 3.8) is 0 Å². The van der Waals surface area contributed by atoms with E-state index in [9.17, 15) is 5.11 Å². The summed E-state index contributed by atoms with van der Waals surface area (Å²) in [6.07, 6.45) is 2.06. The number of ether oxygens (including phenoxy) is 1. The lowest BCUT2D eigenvalue weighted by atomic mass is 9.92. The van der Waals surface area contributed by atoms with Crippen LogP contribution < -0.4 is 0 Å². The topological polar surface area (TPSA) is 35.9 Å². The van der Waals surface area contributed by atoms with E-state index in [4.69, 9.17) is 4.74 Å². The molecule has 17 heavy (non-hydrogen) atoms. The first kappa shape index (κ1) is 11.7. The van der Waals surface area contributed by atoms with E-state index in [1.54, 1.807) is 0 Å². The highest BCUT2D eigenvalue weighted by Gasteiger charge is 2.50. The summed E-state index contributed by atoms with van der Waals surface area (Å²) in [5.74, 6) is 0. The maximum Gasteiger partial charge on any atom is 0.0619 e. The third kappa shape index (κ3) is 1.93. The normalized spacial score (nSPS) is 39.8. The number of morpholine rings is 1. The van der Waals surface area contributed by atoms with Crippen LogP contribution >= 0.6 is 0 Å². The maximum atomic E-state index is 9.73. The number of fused-ring (bicyclic) bond motifs is 1. The number of nitrogens with zero attached hydrogens (tertiary/aromatic N) is 2. The molecule has 0 amide bonds. The minimum absolute atomic E-state index is 0.0000539. The van der Waals surface area contributed by atoms with Crippen LogP contribution in [-0.2, 0) is 4.74 Å². The summed E-state index contributed by atoms with van der Waals surface area (Å²) >= 11 is 0. The van der Waals surface area contributed by atoms with Crippen molar-refractivity contribution in [3.05, 3.63) is 12.2 Å². The number of hydrogen-bond acceptors (Lipinski definition) is 4. The summed E-state index contributed by atoms with van der Waals surface area (Å²) < 4.78 is 5.40. The Labute approximate surface area is 103 Å². The number of hydrogen-bond donors (Lipinski definition) is 1. The molecular formula is C13H22N2O2. The molecule has 3 saturated heterocycles. The largest absolute Gasteiger partial charge is 0.394 e. The molecule has 2 atom stereocenters. The third-order valence-electron chi connectivity index (χ3n) is 4.57. The minimum Gasteiger partial charge on any atom is -0.394 e. The molecule has 0 spiro atoms. The van der Waals surface area contributed by atoms with Gasteiger partial charge in [0.15, 0.2) is 0 Å². The van der Waals surface area contributed by atoms with E-state index in [-0.39, 0.29) is 12.1 Å². The molecule has 3 heterocycles. The van der Waals surface area contributed by atoms with Crippen LogP contribution in [0, 0.1) is 0 Å². The molecule has 0 aromatic rings. The van der Waals surface area contributed by atoms with Crippen LogP contribution in [0.1, 0.15) is 12.8 Å². The fraction of sp³-hybridized carbons (Fsp3) is 0.846. The molecule has 3 aliphatic rings. The van der Waals surface area contributed by atoms with Gasteiger partial charge in [-0.25, -0.2) is 0 Å². The molecule has 96 valence electrons. The highest BCUT2D eigenvalue weighted by molar-refractivity contribution is 5.19. The van der Waals surface area contributed by atoms with Gasteiger partial charge in [0.1, 0.15) is 0 Å². The van der Waals surface area contributed by atoms with E-state index in [1.165, 1.54) is 5.57 Å². The summed E-state index contributed by atoms with van der Waals surface area (Å²) in [4.78, 5) is 4.97. The van der Waals surface area contributed by atoms with Gasteiger partial charge < -0.3 is 9.84 Å². The van der Waals surface area contributed by atoms with Crippen molar-refractivity contribution >= 4 is 0 Å². The van der Waals surface area contributed by atoms with E-state index < -0.39 is 0 Å². The van der Waals surface area contributed by atoms with E-state index in [1.807, 2.05) is 0 Å². The van der Waals surface area contributed by atoms with Crippen molar-refractivity contribution in [2.45, 2.75) is 24.4 Å². The van der Waals surface area contributed by atoms with Gasteiger partial charge in [0.2, 0.25) is 0 Å². The molecule has 3 fully saturated rings. The average molecular weight is 238 g/mol. The Bertz CT molecular complexity index is 315. The SMILES string of the molecule is C=C1CN2C[C@H](N3CCOCC3)CC2(CO)C1. The van der Waals surface area contributed by atoms with E-state index in [0.717, 1.165) is 52.2 Å². The van der Waals surface area contributed by atoms with Crippen molar-refractivity contribution in [2.24, 2.45) is 0 Å². The smallest absolute Gasteiger partial charge is 0.0619 e. The van der Waals surface area contributed by atoms with E-state index in [0.29, 0.717) is 6.04 Å².